The van der Waals surface area contributed by atoms with E-state index in [0.29, 0.717) is 5.82 Å². The molecule has 0 unspecified atom stereocenters. The second-order valence-electron chi connectivity index (χ2n) is 13.5. The standard InChI is InChI=1S/C49H29IN3S/c1-3-14-30(15-4-1)41-29-42(31-16-5-2-6-17-31)52-49(51-41)33-19-11-18-32(28-33)46-44-38-21-7-9-26-40(38)50-45(44)39-25-12-22-35(47(39)53-46)37-24-13-23-36-34-20-8-10-27-43(34)54-48(36)37/h1-29H/q-1. The molecule has 1 aliphatic heterocycles. The molecule has 0 aliphatic carbocycles. The maximum atomic E-state index is 5.70. The van der Waals surface area contributed by atoms with Crippen molar-refractivity contribution >= 4 is 42.4 Å². The predicted octanol–water partition coefficient (Wildman–Crippen LogP) is 9.84. The van der Waals surface area contributed by atoms with Crippen molar-refractivity contribution in [3.05, 3.63) is 183 Å². The van der Waals surface area contributed by atoms with Gasteiger partial charge in [-0.3, -0.25) is 0 Å². The third kappa shape index (κ3) is 5.18. The Kier molecular flexibility index (Phi) is 7.49. The Morgan fingerprint density at radius 1 is 0.426 bits per heavy atom. The summed E-state index contributed by atoms with van der Waals surface area (Å²) in [5, 5.41) is 3.86. The molecule has 4 heterocycles. The van der Waals surface area contributed by atoms with Gasteiger partial charge in [-0.2, -0.15) is 0 Å². The number of fused-ring (bicyclic) bond motifs is 8. The van der Waals surface area contributed by atoms with Crippen LogP contribution < -0.4 is 21.2 Å². The number of nitrogens with zero attached hydrogens (tertiary/aromatic N) is 3. The van der Waals surface area contributed by atoms with Crippen LogP contribution in [0.1, 0.15) is 0 Å². The van der Waals surface area contributed by atoms with Gasteiger partial charge < -0.3 is 0 Å². The molecule has 3 aromatic heterocycles. The topological polar surface area (TPSA) is 38.7 Å². The van der Waals surface area contributed by atoms with Crippen LogP contribution in [-0.4, -0.2) is 15.0 Å². The van der Waals surface area contributed by atoms with Gasteiger partial charge in [0.05, 0.1) is 0 Å². The number of thiophene rings is 1. The second-order valence-corrected chi connectivity index (χ2v) is 17.3. The van der Waals surface area contributed by atoms with Crippen LogP contribution in [0, 0.1) is 7.14 Å². The molecule has 1 aliphatic rings. The van der Waals surface area contributed by atoms with Crippen molar-refractivity contribution in [3.8, 4) is 67.4 Å². The van der Waals surface area contributed by atoms with Crippen LogP contribution in [-0.2, 0) is 0 Å². The number of aromatic nitrogens is 3. The first-order valence-corrected chi connectivity index (χ1v) is 21.0. The van der Waals surface area contributed by atoms with Crippen molar-refractivity contribution in [2.45, 2.75) is 0 Å². The van der Waals surface area contributed by atoms with Gasteiger partial charge in [0.15, 0.2) is 0 Å². The first-order chi connectivity index (χ1) is 26.8. The van der Waals surface area contributed by atoms with Crippen LogP contribution in [0.3, 0.4) is 0 Å². The van der Waals surface area contributed by atoms with Crippen molar-refractivity contribution in [2.75, 3.05) is 0 Å². The van der Waals surface area contributed by atoms with Gasteiger partial charge in [0.2, 0.25) is 0 Å². The van der Waals surface area contributed by atoms with Gasteiger partial charge in [0.1, 0.15) is 0 Å². The Bertz CT molecular complexity index is 3020. The van der Waals surface area contributed by atoms with Gasteiger partial charge in [-0.1, -0.05) is 12.1 Å². The van der Waals surface area contributed by atoms with Crippen molar-refractivity contribution in [3.63, 3.8) is 0 Å². The molecule has 254 valence electrons. The average molecular weight is 819 g/mol. The second kappa shape index (κ2) is 12.8. The Morgan fingerprint density at radius 3 is 1.81 bits per heavy atom. The molecule has 0 N–H and O–H groups in total. The third-order valence-corrected chi connectivity index (χ3v) is 14.6. The molecule has 0 radical (unpaired) electrons. The summed E-state index contributed by atoms with van der Waals surface area (Å²) in [4.78, 5) is 16.0. The summed E-state index contributed by atoms with van der Waals surface area (Å²) in [6.45, 7) is 0. The summed E-state index contributed by atoms with van der Waals surface area (Å²) in [5.41, 5.74) is 13.0. The molecule has 0 fully saturated rings. The van der Waals surface area contributed by atoms with E-state index in [-0.39, 0.29) is 0 Å². The summed E-state index contributed by atoms with van der Waals surface area (Å²) < 4.78 is 5.50. The van der Waals surface area contributed by atoms with Gasteiger partial charge in [-0.25, -0.2) is 0 Å². The zero-order valence-electron chi connectivity index (χ0n) is 28.9. The Morgan fingerprint density at radius 2 is 1.02 bits per heavy atom. The SMILES string of the molecule is c1ccc(-c2cc(-c3ccccc3)nc(-c3cccc(-c4nc5c(-c6cccc7c6sc6ccccc67)cccc5c5c4-c4ccccc4[I-]5)c3)n2)cc1. The van der Waals surface area contributed by atoms with Gasteiger partial charge in [0.25, 0.3) is 0 Å². The Labute approximate surface area is 326 Å². The quantitative estimate of drug-likeness (QED) is 0.163. The van der Waals surface area contributed by atoms with Crippen LogP contribution in [0.15, 0.2) is 176 Å². The van der Waals surface area contributed by atoms with Crippen molar-refractivity contribution in [1.29, 1.82) is 0 Å². The summed E-state index contributed by atoms with van der Waals surface area (Å²) >= 11 is 1.45. The molecule has 7 aromatic carbocycles. The van der Waals surface area contributed by atoms with Crippen LogP contribution in [0.2, 0.25) is 0 Å². The van der Waals surface area contributed by atoms with Crippen LogP contribution in [0.5, 0.6) is 0 Å². The number of rotatable bonds is 5. The molecule has 11 rings (SSSR count). The van der Waals surface area contributed by atoms with E-state index in [4.69, 9.17) is 15.0 Å². The van der Waals surface area contributed by atoms with E-state index in [1.165, 1.54) is 55.0 Å². The van der Waals surface area contributed by atoms with Crippen LogP contribution >= 0.6 is 11.3 Å². The summed E-state index contributed by atoms with van der Waals surface area (Å²) in [7, 11) is 0. The molecule has 0 atom stereocenters. The van der Waals surface area contributed by atoms with E-state index in [0.717, 1.165) is 44.9 Å². The van der Waals surface area contributed by atoms with Crippen LogP contribution in [0.25, 0.3) is 98.5 Å². The van der Waals surface area contributed by atoms with Gasteiger partial charge in [-0.15, -0.1) is 0 Å². The number of halogens is 1. The molecule has 54 heavy (non-hydrogen) atoms. The van der Waals surface area contributed by atoms with Crippen molar-refractivity contribution in [1.82, 2.24) is 15.0 Å². The first kappa shape index (κ1) is 31.5. The van der Waals surface area contributed by atoms with E-state index in [2.05, 4.69) is 164 Å². The van der Waals surface area contributed by atoms with E-state index in [9.17, 15) is 0 Å². The van der Waals surface area contributed by atoms with E-state index >= 15 is 0 Å². The Hall–Kier alpha value is -6.02. The monoisotopic (exact) mass is 818 g/mol. The fourth-order valence-corrected chi connectivity index (χ4v) is 12.2. The summed E-state index contributed by atoms with van der Waals surface area (Å²) in [5.74, 6) is 0.694. The maximum absolute atomic E-state index is 5.70. The zero-order valence-corrected chi connectivity index (χ0v) is 31.8. The average Bonchev–Trinajstić information content (AvgIpc) is 3.83. The van der Waals surface area contributed by atoms with E-state index in [1.807, 2.05) is 23.5 Å². The van der Waals surface area contributed by atoms with E-state index < -0.39 is 21.2 Å². The van der Waals surface area contributed by atoms with Crippen molar-refractivity contribution in [2.24, 2.45) is 0 Å². The summed E-state index contributed by atoms with van der Waals surface area (Å²) in [6.07, 6.45) is 0. The number of pyridine rings is 1. The van der Waals surface area contributed by atoms with Gasteiger partial charge >= 0.3 is 317 Å². The zero-order chi connectivity index (χ0) is 35.6. The molecular formula is C49H29IN3S-. The fourth-order valence-electron chi connectivity index (χ4n) is 7.72. The van der Waals surface area contributed by atoms with Crippen LogP contribution in [0.4, 0.5) is 0 Å². The number of para-hydroxylation sites is 1. The molecule has 5 heteroatoms. The van der Waals surface area contributed by atoms with E-state index in [1.54, 1.807) is 0 Å². The van der Waals surface area contributed by atoms with Gasteiger partial charge in [0, 0.05) is 0 Å². The first-order valence-electron chi connectivity index (χ1n) is 18.0. The third-order valence-electron chi connectivity index (χ3n) is 10.2. The molecule has 0 saturated carbocycles. The normalized spacial score (nSPS) is 12.1. The molecule has 0 saturated heterocycles. The minimum absolute atomic E-state index is 0.419. The molecule has 3 nitrogen and oxygen atoms in total. The van der Waals surface area contributed by atoms with Crippen molar-refractivity contribution < 1.29 is 21.2 Å². The Balaban J connectivity index is 1.14. The molecular weight excluding hydrogens is 790 g/mol. The minimum atomic E-state index is -0.419. The fraction of sp³-hybridized carbons (Fsp3) is 0. The molecule has 0 amide bonds. The number of hydrogen-bond acceptors (Lipinski definition) is 4. The molecule has 0 bridgehead atoms. The number of benzene rings is 7. The summed E-state index contributed by atoms with van der Waals surface area (Å²) in [6, 6.07) is 62.7. The predicted molar refractivity (Wildman–Crippen MR) is 220 cm³/mol. The molecule has 0 spiro atoms. The van der Waals surface area contributed by atoms with Gasteiger partial charge in [-0.05, 0) is 0 Å². The molecule has 10 aromatic rings. The number of hydrogen-bond donors (Lipinski definition) is 0.